The molecule has 19 heavy (non-hydrogen) atoms. The van der Waals surface area contributed by atoms with E-state index in [1.165, 1.54) is 25.7 Å². The van der Waals surface area contributed by atoms with Crippen molar-refractivity contribution in [1.82, 2.24) is 10.2 Å². The predicted molar refractivity (Wildman–Crippen MR) is 81.3 cm³/mol. The van der Waals surface area contributed by atoms with Crippen molar-refractivity contribution in [2.75, 3.05) is 19.6 Å². The normalized spacial score (nSPS) is 22.7. The fourth-order valence-corrected chi connectivity index (χ4v) is 2.85. The first-order chi connectivity index (χ1) is 9.14. The van der Waals surface area contributed by atoms with Crippen molar-refractivity contribution >= 4 is 5.91 Å². The van der Waals surface area contributed by atoms with Crippen molar-refractivity contribution in [2.24, 2.45) is 0 Å². The predicted octanol–water partition coefficient (Wildman–Crippen LogP) is 3.34. The van der Waals surface area contributed by atoms with E-state index in [1.807, 2.05) is 0 Å². The number of hydrogen-bond acceptors (Lipinski definition) is 2. The van der Waals surface area contributed by atoms with Gasteiger partial charge in [0.2, 0.25) is 5.91 Å². The van der Waals surface area contributed by atoms with Crippen LogP contribution in [0.4, 0.5) is 0 Å². The maximum absolute atomic E-state index is 12.7. The van der Waals surface area contributed by atoms with Crippen LogP contribution in [-0.2, 0) is 4.79 Å². The Kier molecular flexibility index (Phi) is 7.44. The van der Waals surface area contributed by atoms with Crippen LogP contribution >= 0.6 is 0 Å². The average molecular weight is 268 g/mol. The van der Waals surface area contributed by atoms with Crippen LogP contribution in [0.25, 0.3) is 0 Å². The molecule has 0 aromatic carbocycles. The van der Waals surface area contributed by atoms with E-state index in [1.54, 1.807) is 0 Å². The lowest BCUT2D eigenvalue weighted by molar-refractivity contribution is -0.137. The maximum Gasteiger partial charge on any atom is 0.242 e. The molecule has 1 aliphatic heterocycles. The average Bonchev–Trinajstić information content (AvgIpc) is 2.85. The third kappa shape index (κ3) is 5.13. The zero-order valence-electron chi connectivity index (χ0n) is 13.1. The molecule has 1 amide bonds. The summed E-state index contributed by atoms with van der Waals surface area (Å²) in [6.45, 7) is 9.36. The summed E-state index contributed by atoms with van der Waals surface area (Å²) in [5.74, 6) is 0.331. The first kappa shape index (κ1) is 16.5. The zero-order chi connectivity index (χ0) is 14.1. The molecule has 0 aromatic heterocycles. The van der Waals surface area contributed by atoms with Gasteiger partial charge in [0, 0.05) is 13.1 Å². The van der Waals surface area contributed by atoms with Crippen LogP contribution in [0, 0.1) is 0 Å². The first-order valence-corrected chi connectivity index (χ1v) is 8.18. The van der Waals surface area contributed by atoms with E-state index in [0.29, 0.717) is 5.91 Å². The molecule has 1 saturated heterocycles. The van der Waals surface area contributed by atoms with Crippen LogP contribution in [0.3, 0.4) is 0 Å². The minimum absolute atomic E-state index is 0.293. The topological polar surface area (TPSA) is 32.3 Å². The molecule has 1 rings (SSSR count). The van der Waals surface area contributed by atoms with E-state index in [-0.39, 0.29) is 5.54 Å². The minimum Gasteiger partial charge on any atom is -0.341 e. The Morgan fingerprint density at radius 3 is 2.11 bits per heavy atom. The fraction of sp³-hybridized carbons (Fsp3) is 0.938. The summed E-state index contributed by atoms with van der Waals surface area (Å²) >= 11 is 0. The largest absolute Gasteiger partial charge is 0.341 e. The van der Waals surface area contributed by atoms with Gasteiger partial charge < -0.3 is 10.2 Å². The highest BCUT2D eigenvalue weighted by molar-refractivity contribution is 5.86. The summed E-state index contributed by atoms with van der Waals surface area (Å²) in [6.07, 6.45) is 9.28. The van der Waals surface area contributed by atoms with E-state index in [2.05, 4.69) is 31.0 Å². The van der Waals surface area contributed by atoms with Gasteiger partial charge in [-0.1, -0.05) is 39.5 Å². The van der Waals surface area contributed by atoms with Gasteiger partial charge in [0.1, 0.15) is 0 Å². The number of amides is 1. The van der Waals surface area contributed by atoms with Gasteiger partial charge in [-0.25, -0.2) is 0 Å². The van der Waals surface area contributed by atoms with Crippen LogP contribution in [0.5, 0.6) is 0 Å². The molecule has 0 saturated carbocycles. The Morgan fingerprint density at radius 2 is 1.68 bits per heavy atom. The number of rotatable bonds is 9. The molecule has 0 bridgehead atoms. The molecule has 1 heterocycles. The molecule has 0 aliphatic carbocycles. The summed E-state index contributed by atoms with van der Waals surface area (Å²) in [5.41, 5.74) is -0.293. The molecular formula is C16H32N2O. The number of hydrogen-bond donors (Lipinski definition) is 1. The second-order valence-electron chi connectivity index (χ2n) is 6.07. The molecule has 0 aromatic rings. The zero-order valence-corrected chi connectivity index (χ0v) is 13.1. The van der Waals surface area contributed by atoms with E-state index in [4.69, 9.17) is 0 Å². The molecule has 1 fully saturated rings. The molecule has 1 N–H and O–H groups in total. The van der Waals surface area contributed by atoms with Crippen molar-refractivity contribution in [1.29, 1.82) is 0 Å². The highest BCUT2D eigenvalue weighted by atomic mass is 16.2. The van der Waals surface area contributed by atoms with Gasteiger partial charge in [0.25, 0.3) is 0 Å². The molecule has 1 aliphatic rings. The lowest BCUT2D eigenvalue weighted by Gasteiger charge is -2.32. The Hall–Kier alpha value is -0.570. The second kappa shape index (κ2) is 8.57. The van der Waals surface area contributed by atoms with Crippen LogP contribution in [-0.4, -0.2) is 36.0 Å². The fourth-order valence-electron chi connectivity index (χ4n) is 2.85. The van der Waals surface area contributed by atoms with Gasteiger partial charge >= 0.3 is 0 Å². The van der Waals surface area contributed by atoms with Crippen molar-refractivity contribution in [2.45, 2.75) is 77.7 Å². The SMILES string of the molecule is CCCCCN(CCCCC)C(=O)C1(C)CCCN1. The lowest BCUT2D eigenvalue weighted by Crippen LogP contribution is -2.53. The highest BCUT2D eigenvalue weighted by Crippen LogP contribution is 2.22. The molecule has 3 nitrogen and oxygen atoms in total. The van der Waals surface area contributed by atoms with Gasteiger partial charge in [-0.2, -0.15) is 0 Å². The molecule has 0 spiro atoms. The van der Waals surface area contributed by atoms with Gasteiger partial charge in [0.15, 0.2) is 0 Å². The number of nitrogens with zero attached hydrogens (tertiary/aromatic N) is 1. The molecular weight excluding hydrogens is 236 g/mol. The molecule has 1 atom stereocenters. The van der Waals surface area contributed by atoms with Crippen LogP contribution in [0.15, 0.2) is 0 Å². The highest BCUT2D eigenvalue weighted by Gasteiger charge is 2.38. The molecule has 112 valence electrons. The number of carbonyl (C=O) groups excluding carboxylic acids is 1. The third-order valence-corrected chi connectivity index (χ3v) is 4.19. The smallest absolute Gasteiger partial charge is 0.242 e. The van der Waals surface area contributed by atoms with E-state index in [0.717, 1.165) is 45.3 Å². The van der Waals surface area contributed by atoms with Crippen LogP contribution in [0.1, 0.15) is 72.1 Å². The van der Waals surface area contributed by atoms with E-state index in [9.17, 15) is 4.79 Å². The minimum atomic E-state index is -0.293. The van der Waals surface area contributed by atoms with Gasteiger partial charge in [-0.3, -0.25) is 4.79 Å². The van der Waals surface area contributed by atoms with Crippen LogP contribution < -0.4 is 5.32 Å². The maximum atomic E-state index is 12.7. The Bertz CT molecular complexity index is 249. The van der Waals surface area contributed by atoms with Crippen molar-refractivity contribution in [3.63, 3.8) is 0 Å². The van der Waals surface area contributed by atoms with Crippen LogP contribution in [0.2, 0.25) is 0 Å². The summed E-state index contributed by atoms with van der Waals surface area (Å²) < 4.78 is 0. The molecule has 3 heteroatoms. The third-order valence-electron chi connectivity index (χ3n) is 4.19. The number of nitrogens with one attached hydrogen (secondary N) is 1. The quantitative estimate of drug-likeness (QED) is 0.651. The van der Waals surface area contributed by atoms with Gasteiger partial charge in [-0.15, -0.1) is 0 Å². The standard InChI is InChI=1S/C16H32N2O/c1-4-6-8-13-18(14-9-7-5-2)15(19)16(3)11-10-12-17-16/h17H,4-14H2,1-3H3. The monoisotopic (exact) mass is 268 g/mol. The van der Waals surface area contributed by atoms with Gasteiger partial charge in [0.05, 0.1) is 5.54 Å². The van der Waals surface area contributed by atoms with E-state index >= 15 is 0 Å². The Balaban J connectivity index is 2.52. The lowest BCUT2D eigenvalue weighted by atomic mass is 9.98. The van der Waals surface area contributed by atoms with E-state index < -0.39 is 0 Å². The Morgan fingerprint density at radius 1 is 1.11 bits per heavy atom. The molecule has 0 radical (unpaired) electrons. The number of unbranched alkanes of at least 4 members (excludes halogenated alkanes) is 4. The second-order valence-corrected chi connectivity index (χ2v) is 6.07. The van der Waals surface area contributed by atoms with Crippen molar-refractivity contribution in [3.8, 4) is 0 Å². The summed E-state index contributed by atoms with van der Waals surface area (Å²) in [6, 6.07) is 0. The summed E-state index contributed by atoms with van der Waals surface area (Å²) in [5, 5.41) is 3.40. The summed E-state index contributed by atoms with van der Waals surface area (Å²) in [7, 11) is 0. The first-order valence-electron chi connectivity index (χ1n) is 8.18. The van der Waals surface area contributed by atoms with Gasteiger partial charge in [-0.05, 0) is 39.2 Å². The Labute approximate surface area is 119 Å². The number of carbonyl (C=O) groups is 1. The summed E-state index contributed by atoms with van der Waals surface area (Å²) in [4.78, 5) is 14.8. The van der Waals surface area contributed by atoms with Crippen molar-refractivity contribution in [3.05, 3.63) is 0 Å². The van der Waals surface area contributed by atoms with Crippen molar-refractivity contribution < 1.29 is 4.79 Å². The molecule has 1 unspecified atom stereocenters.